The van der Waals surface area contributed by atoms with Gasteiger partial charge < -0.3 is 5.73 Å². The predicted molar refractivity (Wildman–Crippen MR) is 46.4 cm³/mol. The second-order valence-electron chi connectivity index (χ2n) is 1.77. The van der Waals surface area contributed by atoms with Crippen LogP contribution in [0.15, 0.2) is 23.5 Å². The first-order chi connectivity index (χ1) is 5.29. The van der Waals surface area contributed by atoms with Crippen molar-refractivity contribution in [3.05, 3.63) is 24.0 Å². The molecule has 0 amide bonds. The highest BCUT2D eigenvalue weighted by Gasteiger charge is 1.84. The van der Waals surface area contributed by atoms with Gasteiger partial charge in [-0.25, -0.2) is 4.99 Å². The van der Waals surface area contributed by atoms with E-state index in [1.54, 1.807) is 18.5 Å². The first kappa shape index (κ1) is 7.74. The molecule has 0 unspecified atom stereocenters. The maximum atomic E-state index is 5.14. The van der Waals surface area contributed by atoms with Gasteiger partial charge in [0.2, 0.25) is 0 Å². The third kappa shape index (κ3) is 2.81. The number of hydrogen-bond acceptors (Lipinski definition) is 3. The van der Waals surface area contributed by atoms with Crippen molar-refractivity contribution >= 4 is 23.5 Å². The summed E-state index contributed by atoms with van der Waals surface area (Å²) >= 11 is 4.54. The first-order valence-corrected chi connectivity index (χ1v) is 3.30. The maximum Gasteiger partial charge on any atom is 0.190 e. The van der Waals surface area contributed by atoms with Crippen LogP contribution >= 0.6 is 12.2 Å². The SMILES string of the molecule is NC(=S)/N=C/c1ccnnc1. The normalized spacial score (nSPS) is 10.2. The molecule has 0 fully saturated rings. The third-order valence-electron chi connectivity index (χ3n) is 0.948. The highest BCUT2D eigenvalue weighted by atomic mass is 32.1. The van der Waals surface area contributed by atoms with E-state index in [0.717, 1.165) is 5.56 Å². The lowest BCUT2D eigenvalue weighted by Gasteiger charge is -1.87. The van der Waals surface area contributed by atoms with Crippen LogP contribution in [0.1, 0.15) is 5.56 Å². The Morgan fingerprint density at radius 1 is 1.64 bits per heavy atom. The van der Waals surface area contributed by atoms with Gasteiger partial charge >= 0.3 is 0 Å². The maximum absolute atomic E-state index is 5.14. The molecule has 1 aromatic heterocycles. The Bertz CT molecular complexity index is 269. The van der Waals surface area contributed by atoms with Gasteiger partial charge in [-0.1, -0.05) is 0 Å². The zero-order chi connectivity index (χ0) is 8.10. The quantitative estimate of drug-likeness (QED) is 0.476. The standard InChI is InChI=1S/C6H6N4S/c7-6(11)8-3-5-1-2-9-10-4-5/h1-4H,(H2,7,11)/b8-3+. The average Bonchev–Trinajstić information content (AvgIpc) is 2.03. The molecule has 0 aromatic carbocycles. The predicted octanol–water partition coefficient (Wildman–Crippen LogP) is 0.139. The van der Waals surface area contributed by atoms with E-state index in [1.165, 1.54) is 6.21 Å². The van der Waals surface area contributed by atoms with Gasteiger partial charge in [0.15, 0.2) is 5.11 Å². The van der Waals surface area contributed by atoms with Crippen LogP contribution in [0.2, 0.25) is 0 Å². The van der Waals surface area contributed by atoms with Crippen molar-refractivity contribution in [3.63, 3.8) is 0 Å². The Morgan fingerprint density at radius 3 is 3.00 bits per heavy atom. The second kappa shape index (κ2) is 3.72. The van der Waals surface area contributed by atoms with Crippen molar-refractivity contribution < 1.29 is 0 Å². The fourth-order valence-corrected chi connectivity index (χ4v) is 0.568. The summed E-state index contributed by atoms with van der Waals surface area (Å²) in [4.78, 5) is 3.71. The molecular weight excluding hydrogens is 160 g/mol. The topological polar surface area (TPSA) is 64.2 Å². The molecule has 5 heteroatoms. The van der Waals surface area contributed by atoms with E-state index in [9.17, 15) is 0 Å². The lowest BCUT2D eigenvalue weighted by atomic mass is 10.3. The van der Waals surface area contributed by atoms with Gasteiger partial charge in [0, 0.05) is 11.8 Å². The zero-order valence-corrected chi connectivity index (χ0v) is 6.45. The van der Waals surface area contributed by atoms with Crippen molar-refractivity contribution in [2.45, 2.75) is 0 Å². The molecule has 0 aliphatic rings. The van der Waals surface area contributed by atoms with Gasteiger partial charge in [0.05, 0.1) is 12.4 Å². The smallest absolute Gasteiger partial charge is 0.190 e. The van der Waals surface area contributed by atoms with Gasteiger partial charge in [-0.2, -0.15) is 10.2 Å². The lowest BCUT2D eigenvalue weighted by Crippen LogP contribution is -2.03. The number of thiocarbonyl (C=S) groups is 1. The minimum Gasteiger partial charge on any atom is -0.374 e. The van der Waals surface area contributed by atoms with Crippen LogP contribution in [0.4, 0.5) is 0 Å². The molecular formula is C6H6N4S. The molecule has 2 N–H and O–H groups in total. The summed E-state index contributed by atoms with van der Waals surface area (Å²) in [6.45, 7) is 0. The molecule has 0 spiro atoms. The molecule has 0 aliphatic heterocycles. The van der Waals surface area contributed by atoms with Gasteiger partial charge in [-0.3, -0.25) is 0 Å². The minimum absolute atomic E-state index is 0.113. The van der Waals surface area contributed by atoms with Crippen LogP contribution in [0.5, 0.6) is 0 Å². The summed E-state index contributed by atoms with van der Waals surface area (Å²) in [6, 6.07) is 1.76. The van der Waals surface area contributed by atoms with Crippen molar-refractivity contribution in [2.24, 2.45) is 10.7 Å². The Labute approximate surface area is 69.2 Å². The van der Waals surface area contributed by atoms with E-state index >= 15 is 0 Å². The Kier molecular flexibility index (Phi) is 2.62. The summed E-state index contributed by atoms with van der Waals surface area (Å²) < 4.78 is 0. The van der Waals surface area contributed by atoms with E-state index in [-0.39, 0.29) is 5.11 Å². The number of rotatable bonds is 1. The molecule has 1 heterocycles. The Morgan fingerprint density at radius 2 is 2.45 bits per heavy atom. The van der Waals surface area contributed by atoms with Crippen LogP contribution in [0, 0.1) is 0 Å². The van der Waals surface area contributed by atoms with E-state index in [0.29, 0.717) is 0 Å². The summed E-state index contributed by atoms with van der Waals surface area (Å²) in [5.41, 5.74) is 5.96. The van der Waals surface area contributed by atoms with Crippen LogP contribution in [-0.2, 0) is 0 Å². The van der Waals surface area contributed by atoms with Crippen molar-refractivity contribution in [2.75, 3.05) is 0 Å². The molecule has 1 aromatic rings. The van der Waals surface area contributed by atoms with Gasteiger partial charge in [-0.15, -0.1) is 0 Å². The van der Waals surface area contributed by atoms with Crippen LogP contribution in [-0.4, -0.2) is 21.5 Å². The molecule has 0 saturated heterocycles. The molecule has 0 radical (unpaired) electrons. The molecule has 1 rings (SSSR count). The van der Waals surface area contributed by atoms with E-state index in [1.807, 2.05) is 0 Å². The fourth-order valence-electron chi connectivity index (χ4n) is 0.515. The summed E-state index contributed by atoms with van der Waals surface area (Å²) in [5.74, 6) is 0. The number of aromatic nitrogens is 2. The number of nitrogens with zero attached hydrogens (tertiary/aromatic N) is 3. The lowest BCUT2D eigenvalue weighted by molar-refractivity contribution is 1.03. The third-order valence-corrected chi connectivity index (χ3v) is 1.05. The minimum atomic E-state index is 0.113. The Hall–Kier alpha value is -1.36. The summed E-state index contributed by atoms with van der Waals surface area (Å²) in [6.07, 6.45) is 4.68. The first-order valence-electron chi connectivity index (χ1n) is 2.89. The average molecular weight is 166 g/mol. The second-order valence-corrected chi connectivity index (χ2v) is 2.19. The molecule has 0 bridgehead atoms. The summed E-state index contributed by atoms with van der Waals surface area (Å²) in [7, 11) is 0. The molecule has 0 saturated carbocycles. The highest BCUT2D eigenvalue weighted by molar-refractivity contribution is 7.80. The van der Waals surface area contributed by atoms with Crippen molar-refractivity contribution in [1.82, 2.24) is 10.2 Å². The van der Waals surface area contributed by atoms with Crippen LogP contribution in [0.25, 0.3) is 0 Å². The molecule has 0 aliphatic carbocycles. The fraction of sp³-hybridized carbons (Fsp3) is 0. The number of aliphatic imine (C=N–C) groups is 1. The van der Waals surface area contributed by atoms with E-state index in [4.69, 9.17) is 5.73 Å². The highest BCUT2D eigenvalue weighted by Crippen LogP contribution is 1.87. The zero-order valence-electron chi connectivity index (χ0n) is 5.64. The monoisotopic (exact) mass is 166 g/mol. The van der Waals surface area contributed by atoms with Crippen LogP contribution < -0.4 is 5.73 Å². The van der Waals surface area contributed by atoms with Gasteiger partial charge in [0.1, 0.15) is 0 Å². The van der Waals surface area contributed by atoms with Crippen molar-refractivity contribution in [1.29, 1.82) is 0 Å². The Balaban J connectivity index is 2.72. The molecule has 0 atom stereocenters. The van der Waals surface area contributed by atoms with Crippen molar-refractivity contribution in [3.8, 4) is 0 Å². The van der Waals surface area contributed by atoms with Gasteiger partial charge in [0.25, 0.3) is 0 Å². The number of hydrogen-bond donors (Lipinski definition) is 1. The van der Waals surface area contributed by atoms with Crippen LogP contribution in [0.3, 0.4) is 0 Å². The number of nitrogens with two attached hydrogens (primary N) is 1. The molecule has 11 heavy (non-hydrogen) atoms. The van der Waals surface area contributed by atoms with E-state index in [2.05, 4.69) is 27.4 Å². The summed E-state index contributed by atoms with van der Waals surface area (Å²) in [5, 5.41) is 7.35. The molecule has 56 valence electrons. The largest absolute Gasteiger partial charge is 0.374 e. The van der Waals surface area contributed by atoms with Gasteiger partial charge in [-0.05, 0) is 18.3 Å². The van der Waals surface area contributed by atoms with E-state index < -0.39 is 0 Å². The molecule has 4 nitrogen and oxygen atoms in total.